The SMILES string of the molecule is C=CCC(C)[N+](C)(O)CC. The van der Waals surface area contributed by atoms with Gasteiger partial charge in [-0.25, -0.2) is 5.21 Å². The van der Waals surface area contributed by atoms with E-state index in [1.807, 2.05) is 27.0 Å². The highest BCUT2D eigenvalue weighted by Crippen LogP contribution is 2.08. The summed E-state index contributed by atoms with van der Waals surface area (Å²) in [6, 6.07) is 0.252. The first-order valence-corrected chi connectivity index (χ1v) is 3.73. The molecule has 0 bridgehead atoms. The van der Waals surface area contributed by atoms with E-state index in [-0.39, 0.29) is 10.7 Å². The first kappa shape index (κ1) is 9.66. The fraction of sp³-hybridized carbons (Fsp3) is 0.750. The van der Waals surface area contributed by atoms with Crippen LogP contribution in [-0.4, -0.2) is 29.5 Å². The molecule has 2 heteroatoms. The van der Waals surface area contributed by atoms with Crippen LogP contribution in [0, 0.1) is 0 Å². The van der Waals surface area contributed by atoms with E-state index in [9.17, 15) is 5.21 Å². The van der Waals surface area contributed by atoms with Gasteiger partial charge in [0.25, 0.3) is 0 Å². The van der Waals surface area contributed by atoms with Gasteiger partial charge in [0.2, 0.25) is 0 Å². The molecule has 2 unspecified atom stereocenters. The Morgan fingerprint density at radius 1 is 1.70 bits per heavy atom. The highest BCUT2D eigenvalue weighted by atomic mass is 16.5. The Labute approximate surface area is 63.3 Å². The van der Waals surface area contributed by atoms with Crippen molar-refractivity contribution < 1.29 is 9.85 Å². The summed E-state index contributed by atoms with van der Waals surface area (Å²) in [5.41, 5.74) is 0. The van der Waals surface area contributed by atoms with Crippen LogP contribution in [0.2, 0.25) is 0 Å². The van der Waals surface area contributed by atoms with Gasteiger partial charge in [0, 0.05) is 6.42 Å². The van der Waals surface area contributed by atoms with E-state index in [4.69, 9.17) is 0 Å². The topological polar surface area (TPSA) is 20.2 Å². The summed E-state index contributed by atoms with van der Waals surface area (Å²) in [4.78, 5) is 0. The molecule has 0 saturated carbocycles. The van der Waals surface area contributed by atoms with Gasteiger partial charge < -0.3 is 0 Å². The van der Waals surface area contributed by atoms with E-state index in [1.54, 1.807) is 0 Å². The van der Waals surface area contributed by atoms with Gasteiger partial charge in [0.1, 0.15) is 12.6 Å². The lowest BCUT2D eigenvalue weighted by Crippen LogP contribution is -2.47. The standard InChI is InChI=1S/C8H18NO/c1-5-7-8(3)9(4,10)6-2/h5,8,10H,1,6-7H2,2-4H3/q+1. The molecule has 0 aliphatic carbocycles. The van der Waals surface area contributed by atoms with Crippen LogP contribution < -0.4 is 0 Å². The first-order chi connectivity index (χ1) is 4.54. The minimum absolute atomic E-state index is 0.0893. The molecule has 0 amide bonds. The van der Waals surface area contributed by atoms with Crippen LogP contribution in [0.5, 0.6) is 0 Å². The highest BCUT2D eigenvalue weighted by molar-refractivity contribution is 4.69. The molecule has 10 heavy (non-hydrogen) atoms. The number of hydrogen-bond acceptors (Lipinski definition) is 1. The molecular formula is C8H18NO+. The number of quaternary nitrogens is 1. The van der Waals surface area contributed by atoms with Gasteiger partial charge in [0.05, 0.1) is 7.05 Å². The van der Waals surface area contributed by atoms with Gasteiger partial charge in [0.15, 0.2) is 0 Å². The van der Waals surface area contributed by atoms with Crippen LogP contribution in [0.25, 0.3) is 0 Å². The Kier molecular flexibility index (Phi) is 3.61. The molecule has 0 aliphatic heterocycles. The van der Waals surface area contributed by atoms with Gasteiger partial charge in [-0.15, -0.1) is 6.58 Å². The summed E-state index contributed by atoms with van der Waals surface area (Å²) < 4.78 is 0.0893. The molecule has 0 radical (unpaired) electrons. The van der Waals surface area contributed by atoms with Crippen molar-refractivity contribution in [2.75, 3.05) is 13.6 Å². The molecule has 0 heterocycles. The average Bonchev–Trinajstić information content (AvgIpc) is 1.89. The molecule has 0 saturated heterocycles. The lowest BCUT2D eigenvalue weighted by Gasteiger charge is -2.29. The van der Waals surface area contributed by atoms with Crippen molar-refractivity contribution in [1.82, 2.24) is 0 Å². The summed E-state index contributed by atoms with van der Waals surface area (Å²) in [5, 5.41) is 9.61. The van der Waals surface area contributed by atoms with Gasteiger partial charge in [-0.1, -0.05) is 6.08 Å². The Hall–Kier alpha value is -0.340. The van der Waals surface area contributed by atoms with Crippen LogP contribution in [0.3, 0.4) is 0 Å². The first-order valence-electron chi connectivity index (χ1n) is 3.73. The van der Waals surface area contributed by atoms with Gasteiger partial charge >= 0.3 is 0 Å². The highest BCUT2D eigenvalue weighted by Gasteiger charge is 2.23. The van der Waals surface area contributed by atoms with Crippen molar-refractivity contribution in [2.45, 2.75) is 26.3 Å². The summed E-state index contributed by atoms with van der Waals surface area (Å²) in [7, 11) is 1.81. The van der Waals surface area contributed by atoms with Crippen molar-refractivity contribution in [2.24, 2.45) is 0 Å². The second-order valence-electron chi connectivity index (χ2n) is 2.90. The summed E-state index contributed by atoms with van der Waals surface area (Å²) in [6.45, 7) is 8.36. The Balaban J connectivity index is 3.89. The van der Waals surface area contributed by atoms with Crippen LogP contribution in [0.4, 0.5) is 0 Å². The number of rotatable bonds is 4. The predicted octanol–water partition coefficient (Wildman–Crippen LogP) is 1.81. The molecule has 1 N–H and O–H groups in total. The number of hydrogen-bond donors (Lipinski definition) is 1. The molecule has 2 atom stereocenters. The average molecular weight is 144 g/mol. The quantitative estimate of drug-likeness (QED) is 0.362. The van der Waals surface area contributed by atoms with E-state index in [0.29, 0.717) is 0 Å². The smallest absolute Gasteiger partial charge is 0.119 e. The molecule has 0 aliphatic rings. The normalized spacial score (nSPS) is 19.6. The summed E-state index contributed by atoms with van der Waals surface area (Å²) in [6.07, 6.45) is 2.70. The monoisotopic (exact) mass is 144 g/mol. The zero-order chi connectivity index (χ0) is 8.20. The van der Waals surface area contributed by atoms with Crippen LogP contribution >= 0.6 is 0 Å². The fourth-order valence-electron chi connectivity index (χ4n) is 0.780. The maximum absolute atomic E-state index is 9.61. The Bertz CT molecular complexity index is 110. The van der Waals surface area contributed by atoms with Gasteiger partial charge in [-0.3, -0.25) is 0 Å². The third-order valence-corrected chi connectivity index (χ3v) is 2.10. The van der Waals surface area contributed by atoms with E-state index in [0.717, 1.165) is 13.0 Å². The number of hydroxylamine groups is 3. The summed E-state index contributed by atoms with van der Waals surface area (Å²) in [5.74, 6) is 0. The number of nitrogens with zero attached hydrogens (tertiary/aromatic N) is 1. The second-order valence-corrected chi connectivity index (χ2v) is 2.90. The van der Waals surface area contributed by atoms with Crippen LogP contribution in [-0.2, 0) is 0 Å². The minimum atomic E-state index is 0.0893. The molecule has 0 rings (SSSR count). The van der Waals surface area contributed by atoms with E-state index in [2.05, 4.69) is 6.58 Å². The largest absolute Gasteiger partial charge is 0.217 e. The molecule has 0 aromatic carbocycles. The maximum atomic E-state index is 9.61. The van der Waals surface area contributed by atoms with E-state index < -0.39 is 0 Å². The third kappa shape index (κ3) is 2.50. The van der Waals surface area contributed by atoms with Crippen LogP contribution in [0.1, 0.15) is 20.3 Å². The van der Waals surface area contributed by atoms with Crippen molar-refractivity contribution in [3.63, 3.8) is 0 Å². The van der Waals surface area contributed by atoms with Crippen molar-refractivity contribution in [3.05, 3.63) is 12.7 Å². The van der Waals surface area contributed by atoms with Crippen molar-refractivity contribution >= 4 is 0 Å². The molecule has 0 aromatic rings. The molecule has 0 spiro atoms. The van der Waals surface area contributed by atoms with Crippen LogP contribution in [0.15, 0.2) is 12.7 Å². The molecule has 2 nitrogen and oxygen atoms in total. The van der Waals surface area contributed by atoms with E-state index in [1.165, 1.54) is 0 Å². The zero-order valence-electron chi connectivity index (χ0n) is 7.17. The molecular weight excluding hydrogens is 126 g/mol. The molecule has 0 fully saturated rings. The minimum Gasteiger partial charge on any atom is -0.217 e. The zero-order valence-corrected chi connectivity index (χ0v) is 7.17. The lowest BCUT2D eigenvalue weighted by atomic mass is 10.2. The summed E-state index contributed by atoms with van der Waals surface area (Å²) >= 11 is 0. The Morgan fingerprint density at radius 2 is 2.20 bits per heavy atom. The molecule has 60 valence electrons. The Morgan fingerprint density at radius 3 is 2.50 bits per heavy atom. The van der Waals surface area contributed by atoms with Gasteiger partial charge in [-0.05, 0) is 13.8 Å². The van der Waals surface area contributed by atoms with E-state index >= 15 is 0 Å². The van der Waals surface area contributed by atoms with Crippen molar-refractivity contribution in [1.29, 1.82) is 0 Å². The van der Waals surface area contributed by atoms with Gasteiger partial charge in [-0.2, -0.15) is 4.65 Å². The second kappa shape index (κ2) is 3.74. The predicted molar refractivity (Wildman–Crippen MR) is 42.8 cm³/mol. The third-order valence-electron chi connectivity index (χ3n) is 2.10. The fourth-order valence-corrected chi connectivity index (χ4v) is 0.780. The maximum Gasteiger partial charge on any atom is 0.119 e. The molecule has 0 aromatic heterocycles. The lowest BCUT2D eigenvalue weighted by molar-refractivity contribution is -1.10. The van der Waals surface area contributed by atoms with Crippen molar-refractivity contribution in [3.8, 4) is 0 Å².